The quantitative estimate of drug-likeness (QED) is 0.458. The number of rotatable bonds is 8. The highest BCUT2D eigenvalue weighted by atomic mass is 79.9. The molecule has 0 aliphatic heterocycles. The summed E-state index contributed by atoms with van der Waals surface area (Å²) in [6, 6.07) is 8.82. The number of hydrogen-bond acceptors (Lipinski definition) is 1. The first kappa shape index (κ1) is 15.7. The number of ether oxygens (including phenoxy) is 1. The highest BCUT2D eigenvalue weighted by molar-refractivity contribution is 9.09. The van der Waals surface area contributed by atoms with Crippen LogP contribution in [0.4, 0.5) is 0 Å². The van der Waals surface area contributed by atoms with Gasteiger partial charge in [-0.2, -0.15) is 0 Å². The third-order valence-corrected chi connectivity index (χ3v) is 3.77. The Balaban J connectivity index is 2.53. The normalized spacial score (nSPS) is 12.9. The maximum atomic E-state index is 5.93. The van der Waals surface area contributed by atoms with E-state index in [0.29, 0.717) is 5.92 Å². The Labute approximate surface area is 120 Å². The molecule has 2 heteroatoms. The smallest absolute Gasteiger partial charge is 0.0921 e. The molecule has 0 saturated carbocycles. The summed E-state index contributed by atoms with van der Waals surface area (Å²) >= 11 is 3.54. The SMILES string of the molecule is CCCCCOC(CBr)c1ccc(C(C)C)cc1. The number of alkyl halides is 1. The molecule has 0 radical (unpaired) electrons. The molecule has 1 nitrogen and oxygen atoms in total. The van der Waals surface area contributed by atoms with Gasteiger partial charge in [0.25, 0.3) is 0 Å². The minimum atomic E-state index is 0.183. The van der Waals surface area contributed by atoms with Gasteiger partial charge in [0.05, 0.1) is 6.10 Å². The van der Waals surface area contributed by atoms with E-state index < -0.39 is 0 Å². The molecule has 0 bridgehead atoms. The summed E-state index contributed by atoms with van der Waals surface area (Å²) in [6.45, 7) is 7.51. The molecule has 18 heavy (non-hydrogen) atoms. The van der Waals surface area contributed by atoms with Crippen molar-refractivity contribution in [1.82, 2.24) is 0 Å². The van der Waals surface area contributed by atoms with Gasteiger partial charge in [-0.05, 0) is 23.5 Å². The fourth-order valence-corrected chi connectivity index (χ4v) is 2.46. The lowest BCUT2D eigenvalue weighted by molar-refractivity contribution is 0.0670. The third-order valence-electron chi connectivity index (χ3n) is 3.18. The van der Waals surface area contributed by atoms with Gasteiger partial charge in [0, 0.05) is 11.9 Å². The number of hydrogen-bond donors (Lipinski definition) is 0. The van der Waals surface area contributed by atoms with Crippen LogP contribution in [-0.4, -0.2) is 11.9 Å². The van der Waals surface area contributed by atoms with Gasteiger partial charge in [-0.3, -0.25) is 0 Å². The van der Waals surface area contributed by atoms with E-state index in [4.69, 9.17) is 4.74 Å². The molecule has 0 amide bonds. The van der Waals surface area contributed by atoms with Crippen LogP contribution in [0.25, 0.3) is 0 Å². The molecule has 1 atom stereocenters. The summed E-state index contributed by atoms with van der Waals surface area (Å²) in [5.74, 6) is 0.590. The van der Waals surface area contributed by atoms with Gasteiger partial charge < -0.3 is 4.74 Å². The summed E-state index contributed by atoms with van der Waals surface area (Å²) in [4.78, 5) is 0. The number of halogens is 1. The molecule has 0 heterocycles. The first-order valence-electron chi connectivity index (χ1n) is 6.96. The molecule has 102 valence electrons. The topological polar surface area (TPSA) is 9.23 Å². The van der Waals surface area contributed by atoms with Crippen LogP contribution in [0, 0.1) is 0 Å². The summed E-state index contributed by atoms with van der Waals surface area (Å²) in [6.07, 6.45) is 3.83. The van der Waals surface area contributed by atoms with E-state index in [0.717, 1.165) is 18.4 Å². The zero-order chi connectivity index (χ0) is 13.4. The van der Waals surface area contributed by atoms with Crippen LogP contribution in [0.2, 0.25) is 0 Å². The van der Waals surface area contributed by atoms with Gasteiger partial charge in [-0.15, -0.1) is 0 Å². The molecule has 0 fully saturated rings. The summed E-state index contributed by atoms with van der Waals surface area (Å²) in [5, 5.41) is 0.861. The van der Waals surface area contributed by atoms with Crippen LogP contribution in [0.3, 0.4) is 0 Å². The predicted molar refractivity (Wildman–Crippen MR) is 82.5 cm³/mol. The number of benzene rings is 1. The van der Waals surface area contributed by atoms with Crippen LogP contribution in [0.15, 0.2) is 24.3 Å². The molecule has 0 aliphatic rings. The predicted octanol–water partition coefficient (Wildman–Crippen LogP) is 5.45. The Bertz CT molecular complexity index is 318. The van der Waals surface area contributed by atoms with E-state index >= 15 is 0 Å². The Hall–Kier alpha value is -0.340. The van der Waals surface area contributed by atoms with E-state index in [-0.39, 0.29) is 6.10 Å². The zero-order valence-electron chi connectivity index (χ0n) is 11.8. The second-order valence-corrected chi connectivity index (χ2v) is 5.69. The molecule has 1 aromatic rings. The van der Waals surface area contributed by atoms with Gasteiger partial charge in [-0.1, -0.05) is 73.8 Å². The largest absolute Gasteiger partial charge is 0.373 e. The van der Waals surface area contributed by atoms with Crippen molar-refractivity contribution in [3.63, 3.8) is 0 Å². The Kier molecular flexibility index (Phi) is 7.60. The molecule has 0 aliphatic carbocycles. The minimum Gasteiger partial charge on any atom is -0.373 e. The fraction of sp³-hybridized carbons (Fsp3) is 0.625. The highest BCUT2D eigenvalue weighted by Crippen LogP contribution is 2.23. The molecule has 1 rings (SSSR count). The van der Waals surface area contributed by atoms with Crippen LogP contribution >= 0.6 is 15.9 Å². The van der Waals surface area contributed by atoms with Crippen molar-refractivity contribution in [1.29, 1.82) is 0 Å². The number of unbranched alkanes of at least 4 members (excludes halogenated alkanes) is 2. The van der Waals surface area contributed by atoms with E-state index in [1.165, 1.54) is 24.0 Å². The molecule has 0 aromatic heterocycles. The molecule has 1 unspecified atom stereocenters. The van der Waals surface area contributed by atoms with Crippen LogP contribution in [0.5, 0.6) is 0 Å². The van der Waals surface area contributed by atoms with E-state index in [1.807, 2.05) is 0 Å². The van der Waals surface area contributed by atoms with Crippen molar-refractivity contribution in [2.24, 2.45) is 0 Å². The lowest BCUT2D eigenvalue weighted by atomic mass is 10.0. The fourth-order valence-electron chi connectivity index (χ4n) is 1.90. The van der Waals surface area contributed by atoms with E-state index in [1.54, 1.807) is 0 Å². The van der Waals surface area contributed by atoms with Crippen LogP contribution in [-0.2, 0) is 4.74 Å². The zero-order valence-corrected chi connectivity index (χ0v) is 13.4. The molecular formula is C16H25BrO. The molecular weight excluding hydrogens is 288 g/mol. The lowest BCUT2D eigenvalue weighted by Crippen LogP contribution is -2.07. The second-order valence-electron chi connectivity index (χ2n) is 5.04. The van der Waals surface area contributed by atoms with Crippen molar-refractivity contribution < 1.29 is 4.74 Å². The van der Waals surface area contributed by atoms with Crippen molar-refractivity contribution in [3.05, 3.63) is 35.4 Å². The van der Waals surface area contributed by atoms with Gasteiger partial charge >= 0.3 is 0 Å². The second kappa shape index (κ2) is 8.71. The third kappa shape index (κ3) is 5.11. The highest BCUT2D eigenvalue weighted by Gasteiger charge is 2.10. The van der Waals surface area contributed by atoms with E-state index in [9.17, 15) is 0 Å². The van der Waals surface area contributed by atoms with E-state index in [2.05, 4.69) is 61.0 Å². The Morgan fingerprint density at radius 3 is 2.17 bits per heavy atom. The Morgan fingerprint density at radius 2 is 1.67 bits per heavy atom. The first-order chi connectivity index (χ1) is 8.69. The molecule has 0 spiro atoms. The molecule has 0 saturated heterocycles. The van der Waals surface area contributed by atoms with Gasteiger partial charge in [0.2, 0.25) is 0 Å². The van der Waals surface area contributed by atoms with Crippen molar-refractivity contribution in [3.8, 4) is 0 Å². The Morgan fingerprint density at radius 1 is 1.06 bits per heavy atom. The maximum absolute atomic E-state index is 5.93. The first-order valence-corrected chi connectivity index (χ1v) is 8.08. The summed E-state index contributed by atoms with van der Waals surface area (Å²) in [7, 11) is 0. The average molecular weight is 313 g/mol. The maximum Gasteiger partial charge on any atom is 0.0921 e. The van der Waals surface area contributed by atoms with Crippen LogP contribution < -0.4 is 0 Å². The standard InChI is InChI=1S/C16H25BrO/c1-4-5-6-11-18-16(12-17)15-9-7-14(8-10-15)13(2)3/h7-10,13,16H,4-6,11-12H2,1-3H3. The summed E-state index contributed by atoms with van der Waals surface area (Å²) in [5.41, 5.74) is 2.66. The van der Waals surface area contributed by atoms with Gasteiger partial charge in [0.15, 0.2) is 0 Å². The molecule has 0 N–H and O–H groups in total. The van der Waals surface area contributed by atoms with Crippen molar-refractivity contribution in [2.75, 3.05) is 11.9 Å². The van der Waals surface area contributed by atoms with Gasteiger partial charge in [-0.25, -0.2) is 0 Å². The molecule has 1 aromatic carbocycles. The summed E-state index contributed by atoms with van der Waals surface area (Å²) < 4.78 is 5.93. The lowest BCUT2D eigenvalue weighted by Gasteiger charge is -2.16. The van der Waals surface area contributed by atoms with Crippen molar-refractivity contribution >= 4 is 15.9 Å². The van der Waals surface area contributed by atoms with Crippen LogP contribution in [0.1, 0.15) is 63.2 Å². The minimum absolute atomic E-state index is 0.183. The van der Waals surface area contributed by atoms with Gasteiger partial charge in [0.1, 0.15) is 0 Å². The van der Waals surface area contributed by atoms with Crippen molar-refractivity contribution in [2.45, 2.75) is 52.1 Å². The average Bonchev–Trinajstić information content (AvgIpc) is 2.39. The monoisotopic (exact) mass is 312 g/mol.